The highest BCUT2D eigenvalue weighted by atomic mass is 16.5. The third-order valence-electron chi connectivity index (χ3n) is 8.75. The van der Waals surface area contributed by atoms with Gasteiger partial charge in [-0.1, -0.05) is 60.7 Å². The van der Waals surface area contributed by atoms with Crippen LogP contribution in [0.15, 0.2) is 73.1 Å². The molecule has 1 amide bonds. The number of amides is 1. The summed E-state index contributed by atoms with van der Waals surface area (Å²) in [5.74, 6) is 1.46. The van der Waals surface area contributed by atoms with E-state index in [4.69, 9.17) is 20.2 Å². The van der Waals surface area contributed by atoms with Crippen LogP contribution in [-0.4, -0.2) is 35.3 Å². The maximum atomic E-state index is 12.9. The summed E-state index contributed by atoms with van der Waals surface area (Å²) in [5.41, 5.74) is 6.93. The number of aromatic nitrogens is 2. The van der Waals surface area contributed by atoms with Crippen LogP contribution in [0, 0.1) is 5.92 Å². The van der Waals surface area contributed by atoms with E-state index in [1.165, 1.54) is 18.4 Å². The second-order valence-corrected chi connectivity index (χ2v) is 11.1. The highest BCUT2D eigenvalue weighted by Gasteiger charge is 2.52. The number of hydrogen-bond acceptors (Lipinski definition) is 4. The molecule has 2 saturated carbocycles. The van der Waals surface area contributed by atoms with Crippen molar-refractivity contribution in [3.05, 3.63) is 90.0 Å². The molecular formula is C30H35N3O3. The molecule has 2 N–H and O–H groups in total. The smallest absolute Gasteiger partial charge is 0.228 e. The van der Waals surface area contributed by atoms with E-state index >= 15 is 0 Å². The van der Waals surface area contributed by atoms with Gasteiger partial charge in [0.05, 0.1) is 30.7 Å². The Kier molecular flexibility index (Phi) is 5.97. The number of carbonyl (C=O) groups is 1. The van der Waals surface area contributed by atoms with E-state index in [1.807, 2.05) is 42.6 Å². The molecule has 3 aliphatic rings. The molecule has 0 bridgehead atoms. The van der Waals surface area contributed by atoms with E-state index in [1.54, 1.807) is 0 Å². The number of imidazole rings is 1. The van der Waals surface area contributed by atoms with Crippen LogP contribution in [0.4, 0.5) is 0 Å². The van der Waals surface area contributed by atoms with Crippen molar-refractivity contribution in [2.75, 3.05) is 19.8 Å². The van der Waals surface area contributed by atoms with E-state index in [-0.39, 0.29) is 11.3 Å². The first kappa shape index (κ1) is 23.4. The number of nitrogens with two attached hydrogens (primary N) is 1. The Morgan fingerprint density at radius 3 is 2.17 bits per heavy atom. The third kappa shape index (κ3) is 4.06. The molecule has 3 aromatic rings. The molecule has 0 atom stereocenters. The van der Waals surface area contributed by atoms with E-state index in [2.05, 4.69) is 35.0 Å². The zero-order chi connectivity index (χ0) is 24.6. The van der Waals surface area contributed by atoms with Crippen LogP contribution in [0.2, 0.25) is 0 Å². The Balaban J connectivity index is 1.32. The number of hydrogen-bond donors (Lipinski definition) is 1. The van der Waals surface area contributed by atoms with Crippen LogP contribution in [0.3, 0.4) is 0 Å². The molecule has 36 heavy (non-hydrogen) atoms. The fraction of sp³-hybridized carbons (Fsp3) is 0.467. The summed E-state index contributed by atoms with van der Waals surface area (Å²) < 4.78 is 15.0. The Morgan fingerprint density at radius 2 is 1.61 bits per heavy atom. The number of nitrogens with zero attached hydrogens (tertiary/aromatic N) is 2. The highest BCUT2D eigenvalue weighted by molar-refractivity contribution is 5.87. The molecule has 3 fully saturated rings. The van der Waals surface area contributed by atoms with Gasteiger partial charge in [-0.2, -0.15) is 0 Å². The minimum Gasteiger partial charge on any atom is -0.379 e. The number of ether oxygens (including phenoxy) is 2. The quantitative estimate of drug-likeness (QED) is 0.485. The van der Waals surface area contributed by atoms with Crippen molar-refractivity contribution in [3.63, 3.8) is 0 Å². The first-order chi connectivity index (χ1) is 17.6. The zero-order valence-corrected chi connectivity index (χ0v) is 20.8. The minimum absolute atomic E-state index is 0.153. The second kappa shape index (κ2) is 9.16. The van der Waals surface area contributed by atoms with Gasteiger partial charge in [0.15, 0.2) is 0 Å². The van der Waals surface area contributed by atoms with Gasteiger partial charge < -0.3 is 19.8 Å². The van der Waals surface area contributed by atoms with Crippen molar-refractivity contribution in [2.45, 2.75) is 61.5 Å². The van der Waals surface area contributed by atoms with Crippen molar-refractivity contribution >= 4 is 5.91 Å². The first-order valence-electron chi connectivity index (χ1n) is 13.2. The number of primary amides is 1. The van der Waals surface area contributed by atoms with Crippen molar-refractivity contribution in [1.29, 1.82) is 0 Å². The predicted octanol–water partition coefficient (Wildman–Crippen LogP) is 4.47. The average Bonchev–Trinajstić information content (AvgIpc) is 3.59. The lowest BCUT2D eigenvalue weighted by atomic mass is 9.64. The molecule has 0 radical (unpaired) electrons. The monoisotopic (exact) mass is 485 g/mol. The largest absolute Gasteiger partial charge is 0.379 e. The summed E-state index contributed by atoms with van der Waals surface area (Å²) in [6.45, 7) is 2.84. The fourth-order valence-corrected chi connectivity index (χ4v) is 6.13. The summed E-state index contributed by atoms with van der Waals surface area (Å²) >= 11 is 0. The van der Waals surface area contributed by atoms with Gasteiger partial charge in [-0.15, -0.1) is 0 Å². The topological polar surface area (TPSA) is 79.4 Å². The predicted molar refractivity (Wildman–Crippen MR) is 137 cm³/mol. The van der Waals surface area contributed by atoms with E-state index in [0.717, 1.165) is 23.9 Å². The fourth-order valence-electron chi connectivity index (χ4n) is 6.13. The molecule has 0 unspecified atom stereocenters. The Labute approximate surface area is 212 Å². The second-order valence-electron chi connectivity index (χ2n) is 11.1. The summed E-state index contributed by atoms with van der Waals surface area (Å²) in [6.07, 6.45) is 9.20. The van der Waals surface area contributed by atoms with Crippen molar-refractivity contribution < 1.29 is 14.3 Å². The molecule has 6 rings (SSSR count). The van der Waals surface area contributed by atoms with E-state index in [0.29, 0.717) is 45.5 Å². The van der Waals surface area contributed by atoms with Crippen molar-refractivity contribution in [2.24, 2.45) is 11.7 Å². The third-order valence-corrected chi connectivity index (χ3v) is 8.75. The SMILES string of the molecule is NC(=O)[C@]1(c2ccccc2)CC[C@@](OCC2(c3ccccc3)COC2)(c2nccn2CC2CC2)CC1. The van der Waals surface area contributed by atoms with Crippen LogP contribution < -0.4 is 5.73 Å². The van der Waals surface area contributed by atoms with Gasteiger partial charge in [0, 0.05) is 18.9 Å². The molecule has 188 valence electrons. The molecule has 6 nitrogen and oxygen atoms in total. The lowest BCUT2D eigenvalue weighted by Gasteiger charge is -2.48. The molecule has 2 aliphatic carbocycles. The maximum Gasteiger partial charge on any atom is 0.228 e. The molecule has 2 aromatic carbocycles. The van der Waals surface area contributed by atoms with Crippen LogP contribution in [0.25, 0.3) is 0 Å². The summed E-state index contributed by atoms with van der Waals surface area (Å²) in [5, 5.41) is 0. The van der Waals surface area contributed by atoms with Gasteiger partial charge >= 0.3 is 0 Å². The molecular weight excluding hydrogens is 450 g/mol. The van der Waals surface area contributed by atoms with Crippen molar-refractivity contribution in [1.82, 2.24) is 9.55 Å². The van der Waals surface area contributed by atoms with Gasteiger partial charge in [0.1, 0.15) is 11.4 Å². The Bertz CT molecular complexity index is 1190. The molecule has 1 aromatic heterocycles. The minimum atomic E-state index is -0.682. The summed E-state index contributed by atoms with van der Waals surface area (Å²) in [6, 6.07) is 20.6. The first-order valence-corrected chi connectivity index (χ1v) is 13.2. The maximum absolute atomic E-state index is 12.9. The Hall–Kier alpha value is -2.96. The number of benzene rings is 2. The lowest BCUT2D eigenvalue weighted by molar-refractivity contribution is -0.163. The van der Waals surface area contributed by atoms with Crippen LogP contribution in [0.5, 0.6) is 0 Å². The lowest BCUT2D eigenvalue weighted by Crippen LogP contribution is -2.54. The van der Waals surface area contributed by atoms with Crippen LogP contribution in [-0.2, 0) is 37.2 Å². The number of rotatable bonds is 9. The summed E-state index contributed by atoms with van der Waals surface area (Å²) in [7, 11) is 0. The van der Waals surface area contributed by atoms with E-state index in [9.17, 15) is 4.79 Å². The summed E-state index contributed by atoms with van der Waals surface area (Å²) in [4.78, 5) is 17.8. The molecule has 6 heteroatoms. The van der Waals surface area contributed by atoms with Gasteiger partial charge in [-0.25, -0.2) is 4.98 Å². The molecule has 0 spiro atoms. The number of carbonyl (C=O) groups excluding carboxylic acids is 1. The van der Waals surface area contributed by atoms with Crippen molar-refractivity contribution in [3.8, 4) is 0 Å². The van der Waals surface area contributed by atoms with Crippen LogP contribution in [0.1, 0.15) is 55.5 Å². The standard InChI is InChI=1S/C30H35N3O3/c31-26(34)29(25-9-5-2-6-10-25)13-15-30(16-14-29,27-32-17-18-33(27)19-23-11-12-23)36-22-28(20-35-21-28)24-7-3-1-4-8-24/h1-10,17-18,23H,11-16,19-22H2,(H2,31,34)/t29-,30+. The Morgan fingerprint density at radius 1 is 0.972 bits per heavy atom. The van der Waals surface area contributed by atoms with Gasteiger partial charge in [-0.05, 0) is 55.6 Å². The molecule has 1 saturated heterocycles. The highest BCUT2D eigenvalue weighted by Crippen LogP contribution is 2.50. The van der Waals surface area contributed by atoms with Gasteiger partial charge in [-0.3, -0.25) is 4.79 Å². The average molecular weight is 486 g/mol. The van der Waals surface area contributed by atoms with Crippen LogP contribution >= 0.6 is 0 Å². The zero-order valence-electron chi connectivity index (χ0n) is 20.8. The van der Waals surface area contributed by atoms with Gasteiger partial charge in [0.25, 0.3) is 0 Å². The van der Waals surface area contributed by atoms with Gasteiger partial charge in [0.2, 0.25) is 5.91 Å². The normalized spacial score (nSPS) is 27.3. The molecule has 2 heterocycles. The molecule has 1 aliphatic heterocycles. The van der Waals surface area contributed by atoms with E-state index < -0.39 is 11.0 Å².